The highest BCUT2D eigenvalue weighted by atomic mass is 16.7. The van der Waals surface area contributed by atoms with Crippen molar-refractivity contribution < 1.29 is 33.3 Å². The van der Waals surface area contributed by atoms with E-state index in [1.54, 1.807) is 20.8 Å². The molecule has 184 valence electrons. The van der Waals surface area contributed by atoms with Gasteiger partial charge in [0.15, 0.2) is 6.54 Å². The molecule has 10 nitrogen and oxygen atoms in total. The van der Waals surface area contributed by atoms with E-state index in [1.807, 2.05) is 56.9 Å². The van der Waals surface area contributed by atoms with Gasteiger partial charge in [-0.3, -0.25) is 4.84 Å². The number of fused-ring (bicyclic) bond motifs is 1. The van der Waals surface area contributed by atoms with Crippen LogP contribution in [0.5, 0.6) is 5.75 Å². The second-order valence-corrected chi connectivity index (χ2v) is 9.79. The molecular formula is C23H37N4O6+. The summed E-state index contributed by atoms with van der Waals surface area (Å²) in [6.07, 6.45) is 1.29. The molecule has 0 fully saturated rings. The first-order valence-electron chi connectivity index (χ1n) is 11.0. The van der Waals surface area contributed by atoms with Gasteiger partial charge in [0.2, 0.25) is 12.3 Å². The molecule has 1 unspecified atom stereocenters. The van der Waals surface area contributed by atoms with E-state index in [-0.39, 0.29) is 6.61 Å². The van der Waals surface area contributed by atoms with E-state index in [0.717, 1.165) is 17.3 Å². The zero-order valence-electron chi connectivity index (χ0n) is 20.6. The summed E-state index contributed by atoms with van der Waals surface area (Å²) < 4.78 is 20.3. The van der Waals surface area contributed by atoms with Crippen molar-refractivity contribution in [2.45, 2.75) is 71.8 Å². The van der Waals surface area contributed by atoms with Crippen molar-refractivity contribution >= 4 is 23.0 Å². The van der Waals surface area contributed by atoms with E-state index in [4.69, 9.17) is 24.9 Å². The molecule has 0 bridgehead atoms. The fourth-order valence-corrected chi connectivity index (χ4v) is 3.07. The molecule has 0 spiro atoms. The molecule has 0 aliphatic heterocycles. The van der Waals surface area contributed by atoms with Crippen molar-refractivity contribution in [1.82, 2.24) is 10.00 Å². The lowest BCUT2D eigenvalue weighted by Crippen LogP contribution is -2.42. The summed E-state index contributed by atoms with van der Waals surface area (Å²) in [6, 6.07) is 5.64. The SMILES string of the molecule is Cn1c2ccc(OCC(ON)C(=O)OC(C)(C)C)cc2c[n+]1CCCNC(=O)OC(C)(C)C. The Morgan fingerprint density at radius 2 is 1.79 bits per heavy atom. The highest BCUT2D eigenvalue weighted by Crippen LogP contribution is 2.20. The molecule has 2 aromatic rings. The van der Waals surface area contributed by atoms with E-state index in [2.05, 4.69) is 10.00 Å². The molecule has 0 saturated heterocycles. The third kappa shape index (κ3) is 8.54. The summed E-state index contributed by atoms with van der Waals surface area (Å²) in [5.41, 5.74) is -0.147. The fourth-order valence-electron chi connectivity index (χ4n) is 3.07. The van der Waals surface area contributed by atoms with Gasteiger partial charge >= 0.3 is 12.1 Å². The maximum atomic E-state index is 12.2. The molecule has 1 atom stereocenters. The molecule has 0 radical (unpaired) electrons. The monoisotopic (exact) mass is 465 g/mol. The van der Waals surface area contributed by atoms with Crippen LogP contribution in [-0.2, 0) is 32.7 Å². The van der Waals surface area contributed by atoms with Gasteiger partial charge in [-0.15, -0.1) is 4.68 Å². The Balaban J connectivity index is 1.94. The number of aromatic nitrogens is 2. The predicted molar refractivity (Wildman–Crippen MR) is 122 cm³/mol. The van der Waals surface area contributed by atoms with Crippen molar-refractivity contribution in [2.75, 3.05) is 13.2 Å². The van der Waals surface area contributed by atoms with Crippen LogP contribution in [0, 0.1) is 0 Å². The Morgan fingerprint density at radius 3 is 2.39 bits per heavy atom. The number of rotatable bonds is 9. The number of aryl methyl sites for hydroxylation is 2. The van der Waals surface area contributed by atoms with E-state index in [0.29, 0.717) is 18.8 Å². The summed E-state index contributed by atoms with van der Waals surface area (Å²) in [4.78, 5) is 28.7. The Hall–Kier alpha value is -2.85. The number of amides is 1. The predicted octanol–water partition coefficient (Wildman–Crippen LogP) is 2.36. The summed E-state index contributed by atoms with van der Waals surface area (Å²) >= 11 is 0. The van der Waals surface area contributed by atoms with Crippen LogP contribution in [0.1, 0.15) is 48.0 Å². The molecule has 1 aromatic heterocycles. The maximum Gasteiger partial charge on any atom is 0.407 e. The Bertz CT molecular complexity index is 958. The fraction of sp³-hybridized carbons (Fsp3) is 0.609. The lowest BCUT2D eigenvalue weighted by Gasteiger charge is -2.22. The number of benzene rings is 1. The van der Waals surface area contributed by atoms with Crippen molar-refractivity contribution in [3.05, 3.63) is 24.4 Å². The summed E-state index contributed by atoms with van der Waals surface area (Å²) in [5, 5.41) is 3.73. The molecule has 0 aliphatic carbocycles. The normalized spacial score (nSPS) is 13.0. The molecule has 10 heteroatoms. The van der Waals surface area contributed by atoms with Gasteiger partial charge in [-0.2, -0.15) is 4.68 Å². The second kappa shape index (κ2) is 10.8. The van der Waals surface area contributed by atoms with E-state index < -0.39 is 29.4 Å². The number of hydrogen-bond donors (Lipinski definition) is 2. The summed E-state index contributed by atoms with van der Waals surface area (Å²) in [5.74, 6) is 5.26. The summed E-state index contributed by atoms with van der Waals surface area (Å²) in [7, 11) is 1.96. The standard InChI is InChI=1S/C23H36N4O6/c1-22(2,3)31-20(28)19(33-24)15-30-17-9-10-18-16(13-17)14-27(26(18)7)12-8-11-25-21(29)32-23(4,5)6/h9-10,13-14,19H,8,11-12,15,24H2,1-7H3/p+1. The number of nitrogens with two attached hydrogens (primary N) is 1. The number of hydrogen-bond acceptors (Lipinski definition) is 7. The van der Waals surface area contributed by atoms with Gasteiger partial charge in [0.25, 0.3) is 0 Å². The Morgan fingerprint density at radius 1 is 1.12 bits per heavy atom. The first kappa shape index (κ1) is 26.4. The van der Waals surface area contributed by atoms with Crippen LogP contribution in [0.15, 0.2) is 24.4 Å². The quantitative estimate of drug-likeness (QED) is 0.253. The number of nitrogens with one attached hydrogen (secondary N) is 1. The van der Waals surface area contributed by atoms with E-state index >= 15 is 0 Å². The van der Waals surface area contributed by atoms with Crippen LogP contribution in [0.4, 0.5) is 4.79 Å². The highest BCUT2D eigenvalue weighted by molar-refractivity contribution is 5.79. The molecule has 1 heterocycles. The molecule has 0 aliphatic rings. The van der Waals surface area contributed by atoms with Crippen LogP contribution >= 0.6 is 0 Å². The zero-order valence-corrected chi connectivity index (χ0v) is 20.6. The first-order valence-corrected chi connectivity index (χ1v) is 11.0. The minimum absolute atomic E-state index is 0.0694. The van der Waals surface area contributed by atoms with Crippen LogP contribution in [-0.4, -0.2) is 47.2 Å². The molecular weight excluding hydrogens is 428 g/mol. The van der Waals surface area contributed by atoms with Crippen LogP contribution in [0.2, 0.25) is 0 Å². The zero-order chi connectivity index (χ0) is 24.8. The van der Waals surface area contributed by atoms with E-state index in [1.165, 1.54) is 0 Å². The minimum atomic E-state index is -1.03. The van der Waals surface area contributed by atoms with Crippen LogP contribution < -0.4 is 20.6 Å². The molecule has 2 rings (SSSR count). The van der Waals surface area contributed by atoms with Crippen LogP contribution in [0.3, 0.4) is 0 Å². The van der Waals surface area contributed by atoms with Gasteiger partial charge in [0.1, 0.15) is 29.1 Å². The lowest BCUT2D eigenvalue weighted by atomic mass is 10.2. The van der Waals surface area contributed by atoms with Crippen molar-refractivity contribution in [3.63, 3.8) is 0 Å². The number of esters is 1. The Kier molecular flexibility index (Phi) is 8.68. The number of ether oxygens (including phenoxy) is 3. The second-order valence-electron chi connectivity index (χ2n) is 9.79. The molecule has 3 N–H and O–H groups in total. The lowest BCUT2D eigenvalue weighted by molar-refractivity contribution is -0.771. The topological polar surface area (TPSA) is 118 Å². The summed E-state index contributed by atoms with van der Waals surface area (Å²) in [6.45, 7) is 11.9. The molecule has 1 aromatic carbocycles. The van der Waals surface area contributed by atoms with Crippen molar-refractivity contribution in [3.8, 4) is 5.75 Å². The third-order valence-corrected chi connectivity index (χ3v) is 4.49. The highest BCUT2D eigenvalue weighted by Gasteiger charge is 2.26. The van der Waals surface area contributed by atoms with Crippen molar-refractivity contribution in [1.29, 1.82) is 0 Å². The van der Waals surface area contributed by atoms with Gasteiger partial charge in [-0.05, 0) is 59.7 Å². The largest absolute Gasteiger partial charge is 0.490 e. The molecule has 0 saturated carbocycles. The number of carbonyl (C=O) groups is 2. The average Bonchev–Trinajstić information content (AvgIpc) is 2.98. The van der Waals surface area contributed by atoms with E-state index in [9.17, 15) is 9.59 Å². The molecule has 1 amide bonds. The third-order valence-electron chi connectivity index (χ3n) is 4.49. The maximum absolute atomic E-state index is 12.2. The number of alkyl carbamates (subject to hydrolysis) is 1. The van der Waals surface area contributed by atoms with Gasteiger partial charge in [-0.1, -0.05) is 0 Å². The van der Waals surface area contributed by atoms with Gasteiger partial charge < -0.3 is 19.5 Å². The average molecular weight is 466 g/mol. The smallest absolute Gasteiger partial charge is 0.407 e. The van der Waals surface area contributed by atoms with Gasteiger partial charge in [-0.25, -0.2) is 15.5 Å². The van der Waals surface area contributed by atoms with Gasteiger partial charge in [0, 0.05) is 13.0 Å². The first-order chi connectivity index (χ1) is 15.3. The minimum Gasteiger partial charge on any atom is -0.490 e. The molecule has 33 heavy (non-hydrogen) atoms. The van der Waals surface area contributed by atoms with Crippen LogP contribution in [0.25, 0.3) is 10.9 Å². The van der Waals surface area contributed by atoms with Gasteiger partial charge in [0.05, 0.1) is 12.4 Å². The number of carbonyl (C=O) groups excluding carboxylic acids is 2. The van der Waals surface area contributed by atoms with Crippen molar-refractivity contribution in [2.24, 2.45) is 12.9 Å². The number of nitrogens with zero attached hydrogens (tertiary/aromatic N) is 2. The Labute approximate surface area is 194 Å².